The van der Waals surface area contributed by atoms with E-state index in [1.165, 1.54) is 16.4 Å². The zero-order valence-electron chi connectivity index (χ0n) is 18.0. The maximum atomic E-state index is 12.7. The quantitative estimate of drug-likeness (QED) is 0.447. The number of nitrogens with zero attached hydrogens (tertiary/aromatic N) is 4. The van der Waals surface area contributed by atoms with Crippen molar-refractivity contribution in [3.63, 3.8) is 0 Å². The lowest BCUT2D eigenvalue weighted by Crippen LogP contribution is -2.15. The molecule has 10 nitrogen and oxygen atoms in total. The summed E-state index contributed by atoms with van der Waals surface area (Å²) in [5.74, 6) is 0.850. The number of thioether (sulfide) groups is 1. The van der Waals surface area contributed by atoms with Gasteiger partial charge in [-0.2, -0.15) is 0 Å². The van der Waals surface area contributed by atoms with Gasteiger partial charge in [0.2, 0.25) is 11.1 Å². The molecule has 3 rings (SSSR count). The Bertz CT molecular complexity index is 1070. The van der Waals surface area contributed by atoms with Gasteiger partial charge in [-0.25, -0.2) is 4.68 Å². The highest BCUT2D eigenvalue weighted by Gasteiger charge is 2.13. The number of amides is 2. The van der Waals surface area contributed by atoms with E-state index in [0.717, 1.165) is 0 Å². The number of benzene rings is 2. The van der Waals surface area contributed by atoms with Gasteiger partial charge in [-0.1, -0.05) is 11.8 Å². The summed E-state index contributed by atoms with van der Waals surface area (Å²) in [6, 6.07) is 11.9. The van der Waals surface area contributed by atoms with Gasteiger partial charge >= 0.3 is 0 Å². The Labute approximate surface area is 189 Å². The fourth-order valence-electron chi connectivity index (χ4n) is 2.71. The van der Waals surface area contributed by atoms with Gasteiger partial charge in [0.15, 0.2) is 0 Å². The highest BCUT2D eigenvalue weighted by Crippen LogP contribution is 2.30. The van der Waals surface area contributed by atoms with Crippen molar-refractivity contribution in [3.05, 3.63) is 48.0 Å². The smallest absolute Gasteiger partial charge is 0.255 e. The van der Waals surface area contributed by atoms with Crippen molar-refractivity contribution in [2.45, 2.75) is 19.0 Å². The number of hydrogen-bond acceptors (Lipinski definition) is 8. The Kier molecular flexibility index (Phi) is 8.03. The van der Waals surface area contributed by atoms with E-state index in [-0.39, 0.29) is 17.6 Å². The molecule has 0 aliphatic carbocycles. The average Bonchev–Trinajstić information content (AvgIpc) is 3.19. The second-order valence-electron chi connectivity index (χ2n) is 6.48. The predicted octanol–water partition coefficient (Wildman–Crippen LogP) is 2.99. The first-order valence-corrected chi connectivity index (χ1v) is 10.9. The van der Waals surface area contributed by atoms with Gasteiger partial charge in [0, 0.05) is 24.4 Å². The van der Waals surface area contributed by atoms with Crippen LogP contribution in [0.5, 0.6) is 11.5 Å². The number of carbonyl (C=O) groups excluding carboxylic acids is 2. The Morgan fingerprint density at radius 2 is 1.78 bits per heavy atom. The molecule has 2 amide bonds. The molecule has 0 saturated heterocycles. The van der Waals surface area contributed by atoms with Crippen molar-refractivity contribution in [2.75, 3.05) is 29.6 Å². The van der Waals surface area contributed by atoms with Crippen molar-refractivity contribution >= 4 is 35.0 Å². The largest absolute Gasteiger partial charge is 0.494 e. The van der Waals surface area contributed by atoms with Crippen LogP contribution in [0.1, 0.15) is 24.2 Å². The average molecular weight is 457 g/mol. The minimum atomic E-state index is -0.303. The Hall–Kier alpha value is -3.60. The van der Waals surface area contributed by atoms with E-state index in [9.17, 15) is 9.59 Å². The molecule has 0 atom stereocenters. The Morgan fingerprint density at radius 3 is 2.44 bits per heavy atom. The summed E-state index contributed by atoms with van der Waals surface area (Å²) in [5, 5.41) is 17.2. The van der Waals surface area contributed by atoms with Crippen LogP contribution in [0.25, 0.3) is 0 Å². The van der Waals surface area contributed by atoms with Crippen molar-refractivity contribution in [2.24, 2.45) is 7.05 Å². The third kappa shape index (κ3) is 6.20. The van der Waals surface area contributed by atoms with Crippen LogP contribution in [0.4, 0.5) is 11.4 Å². The van der Waals surface area contributed by atoms with Crippen LogP contribution in [-0.4, -0.2) is 51.0 Å². The molecule has 3 aromatic rings. The molecule has 0 saturated carbocycles. The van der Waals surface area contributed by atoms with Gasteiger partial charge in [0.25, 0.3) is 5.91 Å². The molecule has 2 N–H and O–H groups in total. The van der Waals surface area contributed by atoms with Crippen LogP contribution < -0.4 is 20.1 Å². The van der Waals surface area contributed by atoms with Crippen molar-refractivity contribution in [1.29, 1.82) is 0 Å². The first-order chi connectivity index (χ1) is 15.5. The minimum absolute atomic E-state index is 0.160. The summed E-state index contributed by atoms with van der Waals surface area (Å²) >= 11 is 1.23. The van der Waals surface area contributed by atoms with Crippen LogP contribution in [-0.2, 0) is 11.8 Å². The number of aryl methyl sites for hydroxylation is 1. The lowest BCUT2D eigenvalue weighted by molar-refractivity contribution is -0.113. The summed E-state index contributed by atoms with van der Waals surface area (Å²) in [5.41, 5.74) is 1.54. The number of hydrogen-bond donors (Lipinski definition) is 2. The fraction of sp³-hybridized carbons (Fsp3) is 0.286. The second kappa shape index (κ2) is 11.1. The van der Waals surface area contributed by atoms with Gasteiger partial charge in [-0.15, -0.1) is 5.10 Å². The molecule has 168 valence electrons. The molecule has 0 unspecified atom stereocenters. The first kappa shape index (κ1) is 23.1. The van der Waals surface area contributed by atoms with Crippen LogP contribution in [0.2, 0.25) is 0 Å². The van der Waals surface area contributed by atoms with Gasteiger partial charge in [-0.05, 0) is 60.7 Å². The SMILES string of the molecule is CCOc1ccc(OCC)c(NC(=O)c2ccc(NC(=O)CSc3nnnn3C)cc2)c1. The van der Waals surface area contributed by atoms with E-state index in [1.807, 2.05) is 13.8 Å². The lowest BCUT2D eigenvalue weighted by atomic mass is 10.2. The van der Waals surface area contributed by atoms with E-state index < -0.39 is 0 Å². The van der Waals surface area contributed by atoms with E-state index in [2.05, 4.69) is 26.2 Å². The van der Waals surface area contributed by atoms with Gasteiger partial charge in [-0.3, -0.25) is 9.59 Å². The standard InChI is InChI=1S/C21H24N6O4S/c1-4-30-16-10-11-18(31-5-2)17(12-16)23-20(29)14-6-8-15(9-7-14)22-19(28)13-32-21-24-25-26-27(21)3/h6-12H,4-5,13H2,1-3H3,(H,22,28)(H,23,29). The monoisotopic (exact) mass is 456 g/mol. The zero-order valence-corrected chi connectivity index (χ0v) is 18.8. The topological polar surface area (TPSA) is 120 Å². The predicted molar refractivity (Wildman–Crippen MR) is 121 cm³/mol. The zero-order chi connectivity index (χ0) is 22.9. The Morgan fingerprint density at radius 1 is 1.03 bits per heavy atom. The first-order valence-electron chi connectivity index (χ1n) is 9.96. The van der Waals surface area contributed by atoms with Gasteiger partial charge in [0.05, 0.1) is 24.7 Å². The van der Waals surface area contributed by atoms with Crippen molar-refractivity contribution < 1.29 is 19.1 Å². The molecule has 11 heteroatoms. The second-order valence-corrected chi connectivity index (χ2v) is 7.42. The third-order valence-corrected chi connectivity index (χ3v) is 5.17. The van der Waals surface area contributed by atoms with Gasteiger partial charge < -0.3 is 20.1 Å². The van der Waals surface area contributed by atoms with Crippen molar-refractivity contribution in [1.82, 2.24) is 20.2 Å². The van der Waals surface area contributed by atoms with Crippen molar-refractivity contribution in [3.8, 4) is 11.5 Å². The van der Waals surface area contributed by atoms with E-state index in [1.54, 1.807) is 49.5 Å². The maximum Gasteiger partial charge on any atom is 0.255 e. The summed E-state index contributed by atoms with van der Waals surface area (Å²) < 4.78 is 12.6. The van der Waals surface area contributed by atoms with Gasteiger partial charge in [0.1, 0.15) is 11.5 Å². The highest BCUT2D eigenvalue weighted by molar-refractivity contribution is 7.99. The number of carbonyl (C=O) groups is 2. The number of nitrogens with one attached hydrogen (secondary N) is 2. The molecule has 0 aliphatic rings. The molecule has 0 radical (unpaired) electrons. The number of ether oxygens (including phenoxy) is 2. The third-order valence-electron chi connectivity index (χ3n) is 4.15. The van der Waals surface area contributed by atoms with Crippen LogP contribution in [0.15, 0.2) is 47.6 Å². The summed E-state index contributed by atoms with van der Waals surface area (Å²) in [6.07, 6.45) is 0. The summed E-state index contributed by atoms with van der Waals surface area (Å²) in [6.45, 7) is 4.75. The molecular weight excluding hydrogens is 432 g/mol. The summed E-state index contributed by atoms with van der Waals surface area (Å²) in [4.78, 5) is 24.9. The fourth-order valence-corrected chi connectivity index (χ4v) is 3.36. The molecule has 0 fully saturated rings. The normalized spacial score (nSPS) is 10.5. The lowest BCUT2D eigenvalue weighted by Gasteiger charge is -2.14. The molecule has 2 aromatic carbocycles. The number of anilines is 2. The van der Waals surface area contributed by atoms with E-state index in [0.29, 0.717) is 46.8 Å². The summed E-state index contributed by atoms with van der Waals surface area (Å²) in [7, 11) is 1.70. The van der Waals surface area contributed by atoms with E-state index >= 15 is 0 Å². The molecule has 0 spiro atoms. The van der Waals surface area contributed by atoms with E-state index in [4.69, 9.17) is 9.47 Å². The van der Waals surface area contributed by atoms with Crippen LogP contribution in [0.3, 0.4) is 0 Å². The molecule has 1 heterocycles. The highest BCUT2D eigenvalue weighted by atomic mass is 32.2. The number of tetrazole rings is 1. The Balaban J connectivity index is 1.60. The maximum absolute atomic E-state index is 12.7. The minimum Gasteiger partial charge on any atom is -0.494 e. The number of rotatable bonds is 10. The number of aromatic nitrogens is 4. The molecule has 32 heavy (non-hydrogen) atoms. The molecular formula is C21H24N6O4S. The van der Waals surface area contributed by atoms with Crippen LogP contribution >= 0.6 is 11.8 Å². The molecule has 0 aliphatic heterocycles. The molecule has 1 aromatic heterocycles. The molecule has 0 bridgehead atoms. The van der Waals surface area contributed by atoms with Crippen LogP contribution in [0, 0.1) is 0 Å².